The van der Waals surface area contributed by atoms with Gasteiger partial charge in [0.05, 0.1) is 5.02 Å². The Bertz CT molecular complexity index is 728. The van der Waals surface area contributed by atoms with Crippen LogP contribution in [-0.2, 0) is 0 Å². The third-order valence-electron chi connectivity index (χ3n) is 5.00. The number of hydrogen-bond acceptors (Lipinski definition) is 2. The van der Waals surface area contributed by atoms with E-state index in [1.54, 1.807) is 22.5 Å². The van der Waals surface area contributed by atoms with Crippen molar-refractivity contribution in [3.8, 4) is 0 Å². The van der Waals surface area contributed by atoms with Gasteiger partial charge in [0.1, 0.15) is 0 Å². The van der Waals surface area contributed by atoms with Gasteiger partial charge in [-0.15, -0.1) is 11.3 Å². The van der Waals surface area contributed by atoms with Crippen molar-refractivity contribution in [2.45, 2.75) is 19.3 Å². The predicted octanol–water partition coefficient (Wildman–Crippen LogP) is 5.30. The fourth-order valence-corrected chi connectivity index (χ4v) is 5.33. The highest BCUT2D eigenvalue weighted by Gasteiger charge is 2.39. The summed E-state index contributed by atoms with van der Waals surface area (Å²) in [5, 5.41) is 4.17. The summed E-state index contributed by atoms with van der Waals surface area (Å²) in [4.78, 5) is 2.31. The first kappa shape index (κ1) is 13.8. The maximum absolute atomic E-state index is 6.34. The lowest BCUT2D eigenvalue weighted by Crippen LogP contribution is -2.19. The van der Waals surface area contributed by atoms with E-state index in [1.165, 1.54) is 34.9 Å². The van der Waals surface area contributed by atoms with Crippen LogP contribution in [0, 0.1) is 11.8 Å². The highest BCUT2D eigenvalue weighted by Crippen LogP contribution is 2.53. The second-order valence-corrected chi connectivity index (χ2v) is 8.00. The molecular weight excluding hydrogens is 298 g/mol. The zero-order valence-corrected chi connectivity index (χ0v) is 14.1. The van der Waals surface area contributed by atoms with Gasteiger partial charge < -0.3 is 4.90 Å². The molecule has 2 aromatic rings. The summed E-state index contributed by atoms with van der Waals surface area (Å²) >= 11 is 8.07. The van der Waals surface area contributed by atoms with Gasteiger partial charge in [-0.05, 0) is 74.0 Å². The molecule has 1 saturated carbocycles. The normalized spacial score (nSPS) is 24.8. The van der Waals surface area contributed by atoms with Crippen molar-refractivity contribution < 1.29 is 0 Å². The standard InChI is InChI=1S/C18H20ClNS/c1-20(2)9-15-11-3-4-12(7-11)18(15)13-5-6-17-14(8-13)16(19)10-21-17/h5-6,8,10-12H,3-4,7,9H2,1-2H3. The lowest BCUT2D eigenvalue weighted by Gasteiger charge is -2.23. The predicted molar refractivity (Wildman–Crippen MR) is 93.1 cm³/mol. The van der Waals surface area contributed by atoms with Crippen molar-refractivity contribution in [2.24, 2.45) is 11.8 Å². The summed E-state index contributed by atoms with van der Waals surface area (Å²) in [6.07, 6.45) is 4.12. The number of benzene rings is 1. The van der Waals surface area contributed by atoms with E-state index >= 15 is 0 Å². The van der Waals surface area contributed by atoms with Crippen molar-refractivity contribution in [1.29, 1.82) is 0 Å². The first-order valence-electron chi connectivity index (χ1n) is 7.68. The summed E-state index contributed by atoms with van der Waals surface area (Å²) in [5.41, 5.74) is 4.72. The molecule has 4 rings (SSSR count). The smallest absolute Gasteiger partial charge is 0.0591 e. The minimum atomic E-state index is 0.778. The van der Waals surface area contributed by atoms with Gasteiger partial charge in [0.25, 0.3) is 0 Å². The Morgan fingerprint density at radius 2 is 2.05 bits per heavy atom. The average molecular weight is 318 g/mol. The molecule has 2 unspecified atom stereocenters. The third kappa shape index (κ3) is 2.25. The van der Waals surface area contributed by atoms with E-state index < -0.39 is 0 Å². The van der Waals surface area contributed by atoms with Crippen LogP contribution in [0.15, 0.2) is 29.2 Å². The molecule has 0 amide bonds. The van der Waals surface area contributed by atoms with Crippen LogP contribution in [0.1, 0.15) is 24.8 Å². The van der Waals surface area contributed by atoms with Gasteiger partial charge in [0.15, 0.2) is 0 Å². The van der Waals surface area contributed by atoms with Crippen molar-refractivity contribution in [1.82, 2.24) is 4.90 Å². The van der Waals surface area contributed by atoms with E-state index in [4.69, 9.17) is 11.6 Å². The molecule has 0 saturated heterocycles. The first-order chi connectivity index (χ1) is 10.1. The minimum absolute atomic E-state index is 0.778. The number of rotatable bonds is 3. The molecule has 2 atom stereocenters. The van der Waals surface area contributed by atoms with Crippen molar-refractivity contribution in [3.63, 3.8) is 0 Å². The van der Waals surface area contributed by atoms with Crippen molar-refractivity contribution >= 4 is 38.6 Å². The molecule has 0 N–H and O–H groups in total. The molecule has 1 fully saturated rings. The molecule has 3 heteroatoms. The Balaban J connectivity index is 1.84. The Morgan fingerprint density at radius 1 is 1.24 bits per heavy atom. The van der Waals surface area contributed by atoms with Crippen molar-refractivity contribution in [2.75, 3.05) is 20.6 Å². The number of halogens is 1. The summed E-state index contributed by atoms with van der Waals surface area (Å²) < 4.78 is 1.29. The maximum Gasteiger partial charge on any atom is 0.0591 e. The molecule has 1 aromatic heterocycles. The Morgan fingerprint density at radius 3 is 2.86 bits per heavy atom. The maximum atomic E-state index is 6.34. The van der Waals surface area contributed by atoms with Crippen LogP contribution in [-0.4, -0.2) is 25.5 Å². The molecule has 0 spiro atoms. The molecule has 2 aliphatic carbocycles. The monoisotopic (exact) mass is 317 g/mol. The van der Waals surface area contributed by atoms with Crippen LogP contribution < -0.4 is 0 Å². The summed E-state index contributed by atoms with van der Waals surface area (Å²) in [6, 6.07) is 6.87. The average Bonchev–Trinajstić information content (AvgIpc) is 3.13. The molecule has 1 nitrogen and oxygen atoms in total. The molecule has 0 aliphatic heterocycles. The van der Waals surface area contributed by atoms with E-state index in [0.717, 1.165) is 23.4 Å². The summed E-state index contributed by atoms with van der Waals surface area (Å²) in [7, 11) is 4.35. The second kappa shape index (κ2) is 5.12. The number of likely N-dealkylation sites (N-methyl/N-ethyl adjacent to an activating group) is 1. The number of thiophene rings is 1. The number of fused-ring (bicyclic) bond motifs is 3. The second-order valence-electron chi connectivity index (χ2n) is 6.68. The van der Waals surface area contributed by atoms with Crippen LogP contribution in [0.5, 0.6) is 0 Å². The number of nitrogens with zero attached hydrogens (tertiary/aromatic N) is 1. The van der Waals surface area contributed by atoms with Crippen LogP contribution >= 0.6 is 22.9 Å². The first-order valence-corrected chi connectivity index (χ1v) is 8.94. The largest absolute Gasteiger partial charge is 0.305 e. The SMILES string of the molecule is CN(C)CC1=C(c2ccc3scc(Cl)c3c2)C2CCC1C2. The summed E-state index contributed by atoms with van der Waals surface area (Å²) in [5.74, 6) is 1.60. The van der Waals surface area contributed by atoms with Gasteiger partial charge in [-0.2, -0.15) is 0 Å². The van der Waals surface area contributed by atoms with E-state index in [9.17, 15) is 0 Å². The lowest BCUT2D eigenvalue weighted by atomic mass is 9.86. The van der Waals surface area contributed by atoms with Gasteiger partial charge in [-0.3, -0.25) is 0 Å². The molecule has 2 bridgehead atoms. The van der Waals surface area contributed by atoms with Gasteiger partial charge in [0.2, 0.25) is 0 Å². The van der Waals surface area contributed by atoms with Crippen LogP contribution in [0.2, 0.25) is 5.02 Å². The van der Waals surface area contributed by atoms with Crippen LogP contribution in [0.3, 0.4) is 0 Å². The lowest BCUT2D eigenvalue weighted by molar-refractivity contribution is 0.423. The highest BCUT2D eigenvalue weighted by atomic mass is 35.5. The summed E-state index contributed by atoms with van der Waals surface area (Å²) in [6.45, 7) is 1.10. The number of allylic oxidation sites excluding steroid dienone is 1. The zero-order chi connectivity index (χ0) is 14.6. The molecule has 0 radical (unpaired) electrons. The fourth-order valence-electron chi connectivity index (χ4n) is 4.18. The van der Waals surface area contributed by atoms with E-state index in [2.05, 4.69) is 37.2 Å². The van der Waals surface area contributed by atoms with E-state index in [-0.39, 0.29) is 0 Å². The van der Waals surface area contributed by atoms with Gasteiger partial charge in [0, 0.05) is 22.0 Å². The topological polar surface area (TPSA) is 3.24 Å². The molecule has 21 heavy (non-hydrogen) atoms. The molecule has 2 aliphatic rings. The van der Waals surface area contributed by atoms with Gasteiger partial charge in [-0.25, -0.2) is 0 Å². The van der Waals surface area contributed by atoms with Gasteiger partial charge >= 0.3 is 0 Å². The molecular formula is C18H20ClNS. The van der Waals surface area contributed by atoms with Crippen LogP contribution in [0.25, 0.3) is 15.7 Å². The fraction of sp³-hybridized carbons (Fsp3) is 0.444. The zero-order valence-electron chi connectivity index (χ0n) is 12.5. The van der Waals surface area contributed by atoms with Crippen molar-refractivity contribution in [3.05, 3.63) is 39.7 Å². The Labute approximate surface area is 135 Å². The van der Waals surface area contributed by atoms with Crippen LogP contribution in [0.4, 0.5) is 0 Å². The molecule has 110 valence electrons. The van der Waals surface area contributed by atoms with Gasteiger partial charge in [-0.1, -0.05) is 17.7 Å². The molecule has 1 aromatic carbocycles. The quantitative estimate of drug-likeness (QED) is 0.742. The highest BCUT2D eigenvalue weighted by molar-refractivity contribution is 7.17. The van der Waals surface area contributed by atoms with E-state index in [1.807, 2.05) is 5.38 Å². The Hall–Kier alpha value is -0.830. The number of hydrogen-bond donors (Lipinski definition) is 0. The third-order valence-corrected chi connectivity index (χ3v) is 6.41. The minimum Gasteiger partial charge on any atom is -0.305 e. The Kier molecular flexibility index (Phi) is 3.36. The van der Waals surface area contributed by atoms with E-state index in [0.29, 0.717) is 0 Å². The molecule has 1 heterocycles.